The fraction of sp³-hybridized carbons (Fsp3) is 0.348. The van der Waals surface area contributed by atoms with Gasteiger partial charge in [-0.15, -0.1) is 0 Å². The Bertz CT molecular complexity index is 914. The molecule has 1 unspecified atom stereocenters. The molecule has 0 fully saturated rings. The number of rotatable bonds is 4. The summed E-state index contributed by atoms with van der Waals surface area (Å²) in [6, 6.07) is 16.2. The summed E-state index contributed by atoms with van der Waals surface area (Å²) >= 11 is 0. The van der Waals surface area contributed by atoms with Gasteiger partial charge in [-0.25, -0.2) is 9.69 Å². The zero-order chi connectivity index (χ0) is 20.5. The molecular formula is C23H25NO4. The first-order chi connectivity index (χ1) is 13.1. The minimum absolute atomic E-state index is 0.0252. The van der Waals surface area contributed by atoms with Crippen molar-refractivity contribution in [2.75, 3.05) is 4.90 Å². The smallest absolute Gasteiger partial charge is 0.421 e. The number of carbonyl (C=O) groups is 3. The zero-order valence-electron chi connectivity index (χ0n) is 16.7. The van der Waals surface area contributed by atoms with Gasteiger partial charge in [-0.05, 0) is 45.7 Å². The summed E-state index contributed by atoms with van der Waals surface area (Å²) in [6.45, 7) is 7.07. The highest BCUT2D eigenvalue weighted by molar-refractivity contribution is 6.21. The summed E-state index contributed by atoms with van der Waals surface area (Å²) in [4.78, 5) is 39.6. The van der Waals surface area contributed by atoms with Crippen LogP contribution in [0, 0.1) is 0 Å². The average Bonchev–Trinajstić information content (AvgIpc) is 2.87. The number of nitrogens with zero attached hydrogens (tertiary/aromatic N) is 1. The Labute approximate surface area is 165 Å². The Morgan fingerprint density at radius 2 is 1.61 bits per heavy atom. The van der Waals surface area contributed by atoms with Gasteiger partial charge in [-0.2, -0.15) is 0 Å². The number of para-hydroxylation sites is 1. The number of hydrogen-bond donors (Lipinski definition) is 0. The van der Waals surface area contributed by atoms with Gasteiger partial charge in [-0.1, -0.05) is 48.5 Å². The predicted molar refractivity (Wildman–Crippen MR) is 108 cm³/mol. The van der Waals surface area contributed by atoms with Gasteiger partial charge in [-0.3, -0.25) is 9.59 Å². The van der Waals surface area contributed by atoms with Crippen LogP contribution >= 0.6 is 0 Å². The highest BCUT2D eigenvalue weighted by atomic mass is 16.6. The van der Waals surface area contributed by atoms with Crippen molar-refractivity contribution >= 4 is 23.5 Å². The third kappa shape index (κ3) is 3.70. The van der Waals surface area contributed by atoms with Crippen LogP contribution in [0.2, 0.25) is 0 Å². The van der Waals surface area contributed by atoms with Crippen LogP contribution in [0.25, 0.3) is 0 Å². The van der Waals surface area contributed by atoms with Crippen LogP contribution in [0.1, 0.15) is 56.5 Å². The number of ketones is 1. The molecule has 0 saturated heterocycles. The molecule has 0 aromatic heterocycles. The van der Waals surface area contributed by atoms with E-state index in [0.717, 1.165) is 10.5 Å². The highest BCUT2D eigenvalue weighted by Crippen LogP contribution is 2.45. The van der Waals surface area contributed by atoms with Gasteiger partial charge in [0.2, 0.25) is 5.91 Å². The summed E-state index contributed by atoms with van der Waals surface area (Å²) < 4.78 is 5.44. The number of hydrogen-bond acceptors (Lipinski definition) is 4. The van der Waals surface area contributed by atoms with Gasteiger partial charge in [0.1, 0.15) is 5.60 Å². The van der Waals surface area contributed by atoms with E-state index in [4.69, 9.17) is 4.74 Å². The summed E-state index contributed by atoms with van der Waals surface area (Å²) in [5, 5.41) is 0. The molecule has 0 spiro atoms. The van der Waals surface area contributed by atoms with Gasteiger partial charge in [0.25, 0.3) is 0 Å². The molecule has 0 saturated carbocycles. The van der Waals surface area contributed by atoms with Crippen LogP contribution in [-0.4, -0.2) is 23.4 Å². The zero-order valence-corrected chi connectivity index (χ0v) is 16.7. The number of imide groups is 1. The van der Waals surface area contributed by atoms with Crippen LogP contribution in [0.15, 0.2) is 54.6 Å². The first kappa shape index (κ1) is 19.8. The van der Waals surface area contributed by atoms with E-state index in [9.17, 15) is 14.4 Å². The fourth-order valence-electron chi connectivity index (χ4n) is 3.47. The number of amides is 2. The monoisotopic (exact) mass is 379 g/mol. The molecular weight excluding hydrogens is 354 g/mol. The van der Waals surface area contributed by atoms with Crippen LogP contribution in [0.5, 0.6) is 0 Å². The Balaban J connectivity index is 1.88. The number of ether oxygens (including phenoxy) is 1. The number of fused-ring (bicyclic) bond motifs is 1. The molecule has 5 heteroatoms. The van der Waals surface area contributed by atoms with Crippen molar-refractivity contribution in [1.29, 1.82) is 0 Å². The second-order valence-corrected chi connectivity index (χ2v) is 8.26. The van der Waals surface area contributed by atoms with E-state index in [2.05, 4.69) is 0 Å². The molecule has 2 aromatic rings. The van der Waals surface area contributed by atoms with Gasteiger partial charge in [0.05, 0.1) is 11.1 Å². The first-order valence-corrected chi connectivity index (χ1v) is 9.39. The molecule has 2 aromatic carbocycles. The molecule has 1 atom stereocenters. The number of Topliss-reactive ketones (excluding diaryl/α,β-unsaturated/α-hetero) is 1. The molecule has 0 N–H and O–H groups in total. The van der Waals surface area contributed by atoms with Gasteiger partial charge in [0.15, 0.2) is 5.78 Å². The van der Waals surface area contributed by atoms with E-state index in [1.165, 1.54) is 0 Å². The lowest BCUT2D eigenvalue weighted by atomic mass is 9.79. The van der Waals surface area contributed by atoms with Crippen molar-refractivity contribution in [3.63, 3.8) is 0 Å². The maximum atomic E-state index is 13.3. The van der Waals surface area contributed by atoms with E-state index in [1.54, 1.807) is 52.0 Å². The van der Waals surface area contributed by atoms with E-state index >= 15 is 0 Å². The van der Waals surface area contributed by atoms with E-state index in [1.807, 2.05) is 30.3 Å². The molecule has 0 aliphatic carbocycles. The van der Waals surface area contributed by atoms with Crippen LogP contribution < -0.4 is 4.90 Å². The lowest BCUT2D eigenvalue weighted by Crippen LogP contribution is -2.44. The Hall–Kier alpha value is -2.95. The van der Waals surface area contributed by atoms with Crippen LogP contribution in [-0.2, 0) is 14.9 Å². The SMILES string of the molecule is CC(C)(C)OC(=O)N1C(=O)C(C)(CCC(=O)c2ccccc2)c2ccccc21. The highest BCUT2D eigenvalue weighted by Gasteiger charge is 2.50. The predicted octanol–water partition coefficient (Wildman–Crippen LogP) is 4.89. The molecule has 28 heavy (non-hydrogen) atoms. The summed E-state index contributed by atoms with van der Waals surface area (Å²) in [5.74, 6) is -0.383. The lowest BCUT2D eigenvalue weighted by molar-refractivity contribution is -0.122. The average molecular weight is 379 g/mol. The normalized spacial score (nSPS) is 18.7. The molecule has 2 amide bonds. The Kier molecular flexibility index (Phi) is 5.11. The van der Waals surface area contributed by atoms with Gasteiger partial charge < -0.3 is 4.74 Å². The first-order valence-electron chi connectivity index (χ1n) is 9.39. The summed E-state index contributed by atoms with van der Waals surface area (Å²) in [7, 11) is 0. The van der Waals surface area contributed by atoms with Crippen molar-refractivity contribution in [1.82, 2.24) is 0 Å². The van der Waals surface area contributed by atoms with Crippen molar-refractivity contribution in [2.24, 2.45) is 0 Å². The largest absolute Gasteiger partial charge is 0.443 e. The summed E-state index contributed by atoms with van der Waals surface area (Å²) in [6.07, 6.45) is -0.165. The molecule has 5 nitrogen and oxygen atoms in total. The van der Waals surface area contributed by atoms with Crippen molar-refractivity contribution in [3.05, 3.63) is 65.7 Å². The van der Waals surface area contributed by atoms with E-state index in [0.29, 0.717) is 17.7 Å². The standard InChI is InChI=1S/C23H25NO4/c1-22(2,3)28-21(27)24-18-13-9-8-12-17(18)23(4,20(24)26)15-14-19(25)16-10-6-5-7-11-16/h5-13H,14-15H2,1-4H3. The topological polar surface area (TPSA) is 63.7 Å². The van der Waals surface area contributed by atoms with Gasteiger partial charge in [0, 0.05) is 12.0 Å². The van der Waals surface area contributed by atoms with Gasteiger partial charge >= 0.3 is 6.09 Å². The number of anilines is 1. The minimum Gasteiger partial charge on any atom is -0.443 e. The summed E-state index contributed by atoms with van der Waals surface area (Å²) in [5.41, 5.74) is 0.212. The second kappa shape index (κ2) is 7.23. The lowest BCUT2D eigenvalue weighted by Gasteiger charge is -2.26. The second-order valence-electron chi connectivity index (χ2n) is 8.26. The van der Waals surface area contributed by atoms with E-state index < -0.39 is 17.1 Å². The van der Waals surface area contributed by atoms with E-state index in [-0.39, 0.29) is 18.1 Å². The van der Waals surface area contributed by atoms with Crippen molar-refractivity contribution in [3.8, 4) is 0 Å². The maximum absolute atomic E-state index is 13.3. The Morgan fingerprint density at radius 1 is 1.00 bits per heavy atom. The minimum atomic E-state index is -0.960. The molecule has 0 radical (unpaired) electrons. The third-order valence-corrected chi connectivity index (χ3v) is 4.94. The van der Waals surface area contributed by atoms with Crippen molar-refractivity contribution < 1.29 is 19.1 Å². The molecule has 0 bridgehead atoms. The number of benzene rings is 2. The quantitative estimate of drug-likeness (QED) is 0.710. The Morgan fingerprint density at radius 3 is 2.25 bits per heavy atom. The van der Waals surface area contributed by atoms with Crippen LogP contribution in [0.3, 0.4) is 0 Å². The molecule has 1 aliphatic rings. The third-order valence-electron chi connectivity index (χ3n) is 4.94. The molecule has 1 aliphatic heterocycles. The fourth-order valence-corrected chi connectivity index (χ4v) is 3.47. The molecule has 3 rings (SSSR count). The van der Waals surface area contributed by atoms with Crippen molar-refractivity contribution in [2.45, 2.75) is 51.6 Å². The molecule has 146 valence electrons. The van der Waals surface area contributed by atoms with Crippen LogP contribution in [0.4, 0.5) is 10.5 Å². The number of carbonyl (C=O) groups excluding carboxylic acids is 3. The maximum Gasteiger partial charge on any atom is 0.421 e. The molecule has 1 heterocycles.